The van der Waals surface area contributed by atoms with Gasteiger partial charge in [-0.05, 0) is 30.7 Å². The first kappa shape index (κ1) is 16.3. The summed E-state index contributed by atoms with van der Waals surface area (Å²) < 4.78 is 13.9. The minimum Gasteiger partial charge on any atom is -0.361 e. The first-order chi connectivity index (χ1) is 10.6. The fourth-order valence-corrected chi connectivity index (χ4v) is 2.69. The second-order valence-corrected chi connectivity index (χ2v) is 5.09. The second kappa shape index (κ2) is 6.79. The van der Waals surface area contributed by atoms with Crippen molar-refractivity contribution < 1.29 is 9.18 Å². The van der Waals surface area contributed by atoms with Gasteiger partial charge in [-0.2, -0.15) is 0 Å². The van der Waals surface area contributed by atoms with Crippen molar-refractivity contribution in [2.24, 2.45) is 0 Å². The summed E-state index contributed by atoms with van der Waals surface area (Å²) in [6.07, 6.45) is -0.675. The maximum Gasteiger partial charge on any atom is 0.255 e. The van der Waals surface area contributed by atoms with Crippen molar-refractivity contribution in [2.75, 3.05) is 5.32 Å². The van der Waals surface area contributed by atoms with Crippen molar-refractivity contribution in [3.05, 3.63) is 63.9 Å². The molecule has 1 heterocycles. The number of nitrogens with one attached hydrogen (secondary N) is 2. The van der Waals surface area contributed by atoms with Crippen LogP contribution in [0, 0.1) is 12.7 Å². The summed E-state index contributed by atoms with van der Waals surface area (Å²) in [6, 6.07) is 9.95. The van der Waals surface area contributed by atoms with E-state index in [1.54, 1.807) is 12.1 Å². The Morgan fingerprint density at radius 1 is 1.09 bits per heavy atom. The van der Waals surface area contributed by atoms with E-state index in [4.69, 9.17) is 11.6 Å². The van der Waals surface area contributed by atoms with E-state index in [0.29, 0.717) is 11.3 Å². The molecule has 0 saturated heterocycles. The van der Waals surface area contributed by atoms with E-state index in [2.05, 4.69) is 10.6 Å². The van der Waals surface area contributed by atoms with Gasteiger partial charge in [0.05, 0.1) is 10.6 Å². The minimum atomic E-state index is -0.675. The van der Waals surface area contributed by atoms with E-state index >= 15 is 0 Å². The molecule has 0 bridgehead atoms. The van der Waals surface area contributed by atoms with Crippen LogP contribution in [0.1, 0.15) is 41.5 Å². The lowest BCUT2D eigenvalue weighted by atomic mass is 10.0. The van der Waals surface area contributed by atoms with Gasteiger partial charge in [0.1, 0.15) is 12.0 Å². The number of rotatable bonds is 1. The minimum absolute atomic E-state index is 0.235. The Balaban J connectivity index is 0.000000847. The third-order valence-corrected chi connectivity index (χ3v) is 3.69. The third kappa shape index (κ3) is 2.92. The monoisotopic (exact) mass is 320 g/mol. The number of halogens is 2. The number of benzene rings is 2. The Labute approximate surface area is 134 Å². The fourth-order valence-electron chi connectivity index (χ4n) is 2.42. The first-order valence-electron chi connectivity index (χ1n) is 7.19. The topological polar surface area (TPSA) is 41.1 Å². The molecule has 0 aliphatic carbocycles. The molecule has 2 aromatic carbocycles. The van der Waals surface area contributed by atoms with E-state index in [1.807, 2.05) is 32.9 Å². The van der Waals surface area contributed by atoms with E-state index < -0.39 is 12.0 Å². The summed E-state index contributed by atoms with van der Waals surface area (Å²) >= 11 is 6.04. The maximum absolute atomic E-state index is 13.9. The van der Waals surface area contributed by atoms with Crippen molar-refractivity contribution >= 4 is 23.2 Å². The average molecular weight is 321 g/mol. The third-order valence-electron chi connectivity index (χ3n) is 3.36. The largest absolute Gasteiger partial charge is 0.361 e. The van der Waals surface area contributed by atoms with Crippen LogP contribution in [-0.4, -0.2) is 5.91 Å². The number of carbonyl (C=O) groups excluding carboxylic acids is 1. The molecule has 2 aromatic rings. The highest BCUT2D eigenvalue weighted by atomic mass is 35.5. The van der Waals surface area contributed by atoms with Crippen molar-refractivity contribution in [3.63, 3.8) is 0 Å². The lowest BCUT2D eigenvalue weighted by molar-refractivity contribution is 0.0934. The normalized spacial score (nSPS) is 15.9. The molecular weight excluding hydrogens is 303 g/mol. The molecule has 0 saturated carbocycles. The predicted molar refractivity (Wildman–Crippen MR) is 87.8 cm³/mol. The highest BCUT2D eigenvalue weighted by molar-refractivity contribution is 6.31. The maximum atomic E-state index is 13.9. The van der Waals surface area contributed by atoms with Gasteiger partial charge in [0.25, 0.3) is 5.91 Å². The molecule has 2 N–H and O–H groups in total. The predicted octanol–water partition coefficient (Wildman–Crippen LogP) is 4.67. The molecule has 1 unspecified atom stereocenters. The lowest BCUT2D eigenvalue weighted by Gasteiger charge is -2.29. The Kier molecular flexibility index (Phi) is 5.03. The molecule has 116 valence electrons. The number of hydrogen-bond acceptors (Lipinski definition) is 2. The Morgan fingerprint density at radius 3 is 2.45 bits per heavy atom. The molecule has 1 amide bonds. The molecule has 1 aliphatic rings. The van der Waals surface area contributed by atoms with Gasteiger partial charge in [-0.15, -0.1) is 0 Å². The first-order valence-corrected chi connectivity index (χ1v) is 7.56. The molecule has 0 aromatic heterocycles. The molecule has 0 radical (unpaired) electrons. The molecule has 3 rings (SSSR count). The lowest BCUT2D eigenvalue weighted by Crippen LogP contribution is -2.39. The van der Waals surface area contributed by atoms with Crippen LogP contribution in [0.25, 0.3) is 0 Å². The van der Waals surface area contributed by atoms with Gasteiger partial charge in [-0.3, -0.25) is 4.79 Å². The van der Waals surface area contributed by atoms with E-state index in [9.17, 15) is 9.18 Å². The Hall–Kier alpha value is -2.07. The SMILES string of the molecule is CC.Cc1cccc2c1C(=O)NC(c1c(F)cccc1Cl)N2. The van der Waals surface area contributed by atoms with Crippen LogP contribution in [0.5, 0.6) is 0 Å². The van der Waals surface area contributed by atoms with Crippen molar-refractivity contribution in [1.29, 1.82) is 0 Å². The zero-order chi connectivity index (χ0) is 16.3. The van der Waals surface area contributed by atoms with Crippen molar-refractivity contribution in [2.45, 2.75) is 26.9 Å². The molecule has 3 nitrogen and oxygen atoms in total. The van der Waals surface area contributed by atoms with Gasteiger partial charge in [0.2, 0.25) is 0 Å². The number of aryl methyl sites for hydroxylation is 1. The second-order valence-electron chi connectivity index (χ2n) is 4.68. The van der Waals surface area contributed by atoms with Crippen molar-refractivity contribution in [1.82, 2.24) is 5.32 Å². The number of carbonyl (C=O) groups is 1. The van der Waals surface area contributed by atoms with Crippen LogP contribution < -0.4 is 10.6 Å². The van der Waals surface area contributed by atoms with Crippen LogP contribution >= 0.6 is 11.6 Å². The van der Waals surface area contributed by atoms with Crippen LogP contribution in [0.15, 0.2) is 36.4 Å². The van der Waals surface area contributed by atoms with Gasteiger partial charge < -0.3 is 10.6 Å². The number of fused-ring (bicyclic) bond motifs is 1. The zero-order valence-electron chi connectivity index (χ0n) is 12.7. The van der Waals surface area contributed by atoms with E-state index in [0.717, 1.165) is 5.56 Å². The quantitative estimate of drug-likeness (QED) is 0.801. The molecule has 0 fully saturated rings. The number of amides is 1. The smallest absolute Gasteiger partial charge is 0.255 e. The summed E-state index contributed by atoms with van der Waals surface area (Å²) in [6.45, 7) is 5.86. The summed E-state index contributed by atoms with van der Waals surface area (Å²) in [4.78, 5) is 12.2. The van der Waals surface area contributed by atoms with Crippen LogP contribution in [-0.2, 0) is 0 Å². The number of anilines is 1. The summed E-state index contributed by atoms with van der Waals surface area (Å²) in [5, 5.41) is 6.12. The van der Waals surface area contributed by atoms with E-state index in [1.165, 1.54) is 12.1 Å². The average Bonchev–Trinajstić information content (AvgIpc) is 2.49. The van der Waals surface area contributed by atoms with Gasteiger partial charge in [-0.25, -0.2) is 4.39 Å². The summed E-state index contributed by atoms with van der Waals surface area (Å²) in [5.74, 6) is -0.687. The Morgan fingerprint density at radius 2 is 1.77 bits per heavy atom. The van der Waals surface area contributed by atoms with E-state index in [-0.39, 0.29) is 16.5 Å². The Bertz CT molecular complexity index is 683. The number of hydrogen-bond donors (Lipinski definition) is 2. The highest BCUT2D eigenvalue weighted by Crippen LogP contribution is 2.32. The molecular formula is C17H18ClFN2O. The summed E-state index contributed by atoms with van der Waals surface area (Å²) in [7, 11) is 0. The summed E-state index contributed by atoms with van der Waals surface area (Å²) in [5.41, 5.74) is 2.37. The van der Waals surface area contributed by atoms with Gasteiger partial charge >= 0.3 is 0 Å². The van der Waals surface area contributed by atoms with Crippen LogP contribution in [0.4, 0.5) is 10.1 Å². The molecule has 0 spiro atoms. The highest BCUT2D eigenvalue weighted by Gasteiger charge is 2.28. The molecule has 1 atom stereocenters. The standard InChI is InChI=1S/C15H12ClFN2O.C2H6/c1-8-4-2-7-11-12(8)15(20)19-14(18-11)13-9(16)5-3-6-10(13)17;1-2/h2-7,14,18H,1H3,(H,19,20);1-2H3. The molecule has 5 heteroatoms. The van der Waals surface area contributed by atoms with Crippen LogP contribution in [0.2, 0.25) is 5.02 Å². The molecule has 22 heavy (non-hydrogen) atoms. The zero-order valence-corrected chi connectivity index (χ0v) is 13.5. The van der Waals surface area contributed by atoms with Gasteiger partial charge in [0, 0.05) is 11.3 Å². The molecule has 1 aliphatic heterocycles. The van der Waals surface area contributed by atoms with Crippen molar-refractivity contribution in [3.8, 4) is 0 Å². The van der Waals surface area contributed by atoms with Gasteiger partial charge in [-0.1, -0.05) is 43.6 Å². The van der Waals surface area contributed by atoms with Gasteiger partial charge in [0.15, 0.2) is 0 Å². The fraction of sp³-hybridized carbons (Fsp3) is 0.235. The van der Waals surface area contributed by atoms with Crippen LogP contribution in [0.3, 0.4) is 0 Å².